The summed E-state index contributed by atoms with van der Waals surface area (Å²) in [4.78, 5) is 4.05. The van der Waals surface area contributed by atoms with Gasteiger partial charge in [-0.3, -0.25) is 4.99 Å². The van der Waals surface area contributed by atoms with E-state index in [0.717, 1.165) is 35.3 Å². The van der Waals surface area contributed by atoms with Crippen LogP contribution in [0.4, 0.5) is 0 Å². The maximum Gasteiger partial charge on any atom is 0.190 e. The van der Waals surface area contributed by atoms with Crippen molar-refractivity contribution in [3.63, 3.8) is 0 Å². The van der Waals surface area contributed by atoms with Crippen LogP contribution in [0.15, 0.2) is 23.2 Å². The van der Waals surface area contributed by atoms with E-state index in [1.54, 1.807) is 7.05 Å². The van der Waals surface area contributed by atoms with Crippen molar-refractivity contribution >= 4 is 41.5 Å². The number of nitrogens with one attached hydrogen (secondary N) is 2. The fraction of sp³-hybridized carbons (Fsp3) is 0.462. The molecule has 2 N–H and O–H groups in total. The van der Waals surface area contributed by atoms with E-state index in [1.165, 1.54) is 0 Å². The number of nitrogens with zero attached hydrogens (tertiary/aromatic N) is 1. The number of ether oxygens (including phenoxy) is 1. The van der Waals surface area contributed by atoms with E-state index < -0.39 is 0 Å². The van der Waals surface area contributed by atoms with Crippen molar-refractivity contribution in [2.24, 2.45) is 4.99 Å². The van der Waals surface area contributed by atoms with Gasteiger partial charge >= 0.3 is 0 Å². The summed E-state index contributed by atoms with van der Waals surface area (Å²) in [6.07, 6.45) is 0.830. The van der Waals surface area contributed by atoms with E-state index in [4.69, 9.17) is 16.3 Å². The lowest BCUT2D eigenvalue weighted by molar-refractivity contribution is 0.336. The third kappa shape index (κ3) is 6.33. The van der Waals surface area contributed by atoms with Gasteiger partial charge in [-0.2, -0.15) is 0 Å². The standard InChI is InChI=1S/C13H20ClN3O.HI/c1-4-18-12-6-5-11(14)9-10(12)7-8-17-13(15-2)16-3;/h5-6,9H,4,7-8H2,1-3H3,(H2,15,16,17);1H. The molecular weight excluding hydrogens is 377 g/mol. The van der Waals surface area contributed by atoms with Crippen LogP contribution in [0.2, 0.25) is 5.02 Å². The Balaban J connectivity index is 0.00000324. The molecule has 19 heavy (non-hydrogen) atoms. The van der Waals surface area contributed by atoms with Gasteiger partial charge in [0.25, 0.3) is 0 Å². The van der Waals surface area contributed by atoms with Gasteiger partial charge in [-0.15, -0.1) is 24.0 Å². The van der Waals surface area contributed by atoms with Crippen molar-refractivity contribution in [3.05, 3.63) is 28.8 Å². The SMILES string of the molecule is CCOc1ccc(Cl)cc1CCNC(=NC)NC.I. The molecule has 0 radical (unpaired) electrons. The van der Waals surface area contributed by atoms with Crippen molar-refractivity contribution in [1.29, 1.82) is 0 Å². The lowest BCUT2D eigenvalue weighted by Crippen LogP contribution is -2.35. The van der Waals surface area contributed by atoms with E-state index in [2.05, 4.69) is 15.6 Å². The summed E-state index contributed by atoms with van der Waals surface area (Å²) in [5.74, 6) is 1.66. The number of benzene rings is 1. The molecule has 0 atom stereocenters. The largest absolute Gasteiger partial charge is 0.494 e. The summed E-state index contributed by atoms with van der Waals surface area (Å²) < 4.78 is 5.57. The molecular formula is C13H21ClIN3O. The van der Waals surface area contributed by atoms with Crippen LogP contribution in [0.25, 0.3) is 0 Å². The number of aliphatic imine (C=N–C) groups is 1. The molecule has 0 fully saturated rings. The molecule has 4 nitrogen and oxygen atoms in total. The number of rotatable bonds is 5. The first-order valence-corrected chi connectivity index (χ1v) is 6.38. The highest BCUT2D eigenvalue weighted by Gasteiger charge is 2.04. The first-order valence-electron chi connectivity index (χ1n) is 6.00. The molecule has 1 aromatic rings. The Bertz CT molecular complexity index is 413. The average molecular weight is 398 g/mol. The Hall–Kier alpha value is -0.690. The highest BCUT2D eigenvalue weighted by atomic mass is 127. The van der Waals surface area contributed by atoms with Gasteiger partial charge in [-0.25, -0.2) is 0 Å². The van der Waals surface area contributed by atoms with E-state index in [-0.39, 0.29) is 24.0 Å². The summed E-state index contributed by atoms with van der Waals surface area (Å²) in [5, 5.41) is 6.90. The number of halogens is 2. The van der Waals surface area contributed by atoms with Crippen LogP contribution in [0.1, 0.15) is 12.5 Å². The maximum atomic E-state index is 6.00. The van der Waals surface area contributed by atoms with Crippen molar-refractivity contribution < 1.29 is 4.74 Å². The summed E-state index contributed by atoms with van der Waals surface area (Å²) in [7, 11) is 3.57. The van der Waals surface area contributed by atoms with Gasteiger partial charge in [-0.1, -0.05) is 11.6 Å². The van der Waals surface area contributed by atoms with Crippen LogP contribution in [0, 0.1) is 0 Å². The molecule has 0 saturated heterocycles. The first kappa shape index (κ1) is 18.3. The second-order valence-corrected chi connectivity index (χ2v) is 4.12. The Morgan fingerprint density at radius 2 is 2.16 bits per heavy atom. The smallest absolute Gasteiger partial charge is 0.190 e. The highest BCUT2D eigenvalue weighted by Crippen LogP contribution is 2.23. The fourth-order valence-electron chi connectivity index (χ4n) is 1.63. The van der Waals surface area contributed by atoms with Gasteiger partial charge < -0.3 is 15.4 Å². The zero-order valence-corrected chi connectivity index (χ0v) is 14.6. The topological polar surface area (TPSA) is 45.6 Å². The van der Waals surface area contributed by atoms with Crippen molar-refractivity contribution in [2.45, 2.75) is 13.3 Å². The molecule has 0 unspecified atom stereocenters. The van der Waals surface area contributed by atoms with Crippen molar-refractivity contribution in [2.75, 3.05) is 27.2 Å². The molecule has 6 heteroatoms. The van der Waals surface area contributed by atoms with Crippen LogP contribution in [0.3, 0.4) is 0 Å². The summed E-state index contributed by atoms with van der Waals surface area (Å²) in [6.45, 7) is 3.40. The lowest BCUT2D eigenvalue weighted by Gasteiger charge is -2.12. The fourth-order valence-corrected chi connectivity index (χ4v) is 1.83. The predicted octanol–water partition coefficient (Wildman–Crippen LogP) is 2.69. The second kappa shape index (κ2) is 10.1. The quantitative estimate of drug-likeness (QED) is 0.456. The lowest BCUT2D eigenvalue weighted by atomic mass is 10.1. The molecule has 0 aliphatic carbocycles. The van der Waals surface area contributed by atoms with Crippen LogP contribution in [0.5, 0.6) is 5.75 Å². The molecule has 1 rings (SSSR count). The molecule has 108 valence electrons. The van der Waals surface area contributed by atoms with E-state index in [1.807, 2.05) is 32.2 Å². The predicted molar refractivity (Wildman–Crippen MR) is 92.2 cm³/mol. The molecule has 0 saturated carbocycles. The molecule has 0 spiro atoms. The summed E-state index contributed by atoms with van der Waals surface area (Å²) in [5.41, 5.74) is 1.10. The first-order chi connectivity index (χ1) is 8.71. The molecule has 1 aromatic carbocycles. The molecule has 0 amide bonds. The summed E-state index contributed by atoms with van der Waals surface area (Å²) in [6, 6.07) is 5.69. The minimum atomic E-state index is 0. The third-order valence-corrected chi connectivity index (χ3v) is 2.70. The van der Waals surface area contributed by atoms with Gasteiger partial charge in [0.05, 0.1) is 6.61 Å². The Morgan fingerprint density at radius 3 is 2.74 bits per heavy atom. The molecule has 0 aliphatic heterocycles. The highest BCUT2D eigenvalue weighted by molar-refractivity contribution is 14.0. The summed E-state index contributed by atoms with van der Waals surface area (Å²) >= 11 is 6.00. The molecule has 0 aromatic heterocycles. The number of hydrogen-bond donors (Lipinski definition) is 2. The molecule has 0 heterocycles. The van der Waals surface area contributed by atoms with Crippen molar-refractivity contribution in [3.8, 4) is 5.75 Å². The van der Waals surface area contributed by atoms with Crippen LogP contribution in [-0.4, -0.2) is 33.2 Å². The number of hydrogen-bond acceptors (Lipinski definition) is 2. The van der Waals surface area contributed by atoms with Crippen molar-refractivity contribution in [1.82, 2.24) is 10.6 Å². The van der Waals surface area contributed by atoms with E-state index in [9.17, 15) is 0 Å². The van der Waals surface area contributed by atoms with Crippen LogP contribution in [-0.2, 0) is 6.42 Å². The van der Waals surface area contributed by atoms with Gasteiger partial charge in [-0.05, 0) is 37.1 Å². The maximum absolute atomic E-state index is 6.00. The van der Waals surface area contributed by atoms with E-state index >= 15 is 0 Å². The van der Waals surface area contributed by atoms with Gasteiger partial charge in [0.2, 0.25) is 0 Å². The second-order valence-electron chi connectivity index (χ2n) is 3.68. The van der Waals surface area contributed by atoms with Crippen LogP contribution < -0.4 is 15.4 Å². The Kier molecular flexibility index (Phi) is 9.77. The van der Waals surface area contributed by atoms with Crippen LogP contribution >= 0.6 is 35.6 Å². The van der Waals surface area contributed by atoms with Gasteiger partial charge in [0.15, 0.2) is 5.96 Å². The zero-order chi connectivity index (χ0) is 13.4. The molecule has 0 aliphatic rings. The average Bonchev–Trinajstić information content (AvgIpc) is 2.38. The minimum Gasteiger partial charge on any atom is -0.494 e. The van der Waals surface area contributed by atoms with E-state index in [0.29, 0.717) is 6.61 Å². The third-order valence-electron chi connectivity index (χ3n) is 2.47. The monoisotopic (exact) mass is 397 g/mol. The normalized spacial score (nSPS) is 10.6. The zero-order valence-electron chi connectivity index (χ0n) is 11.5. The molecule has 0 bridgehead atoms. The van der Waals surface area contributed by atoms with Gasteiger partial charge in [0, 0.05) is 25.7 Å². The Morgan fingerprint density at radius 1 is 1.42 bits per heavy atom. The minimum absolute atomic E-state index is 0. The Labute approximate surface area is 137 Å². The number of guanidine groups is 1. The van der Waals surface area contributed by atoms with Gasteiger partial charge in [0.1, 0.15) is 5.75 Å².